The summed E-state index contributed by atoms with van der Waals surface area (Å²) in [5, 5.41) is 10.7. The molecule has 2 rings (SSSR count). The van der Waals surface area contributed by atoms with Gasteiger partial charge in [-0.1, -0.05) is 49.7 Å². The van der Waals surface area contributed by atoms with Crippen LogP contribution in [0.4, 0.5) is 4.39 Å². The van der Waals surface area contributed by atoms with Crippen molar-refractivity contribution in [1.82, 2.24) is 0 Å². The second kappa shape index (κ2) is 6.19. The number of rotatable bonds is 5. The molecular weight excluding hydrogens is 251 g/mol. The second-order valence-corrected chi connectivity index (χ2v) is 5.53. The van der Waals surface area contributed by atoms with E-state index in [4.69, 9.17) is 0 Å². The summed E-state index contributed by atoms with van der Waals surface area (Å²) < 4.78 is 12.9. The molecule has 0 heterocycles. The van der Waals surface area contributed by atoms with Gasteiger partial charge in [0.15, 0.2) is 0 Å². The van der Waals surface area contributed by atoms with Crippen LogP contribution in [0.25, 0.3) is 0 Å². The van der Waals surface area contributed by atoms with E-state index in [1.807, 2.05) is 12.1 Å². The van der Waals surface area contributed by atoms with Gasteiger partial charge in [-0.3, -0.25) is 0 Å². The van der Waals surface area contributed by atoms with Crippen molar-refractivity contribution in [2.75, 3.05) is 0 Å². The molecule has 2 heteroatoms. The van der Waals surface area contributed by atoms with Gasteiger partial charge in [0.1, 0.15) is 5.82 Å². The maximum Gasteiger partial charge on any atom is 0.123 e. The van der Waals surface area contributed by atoms with Crippen LogP contribution in [0.15, 0.2) is 48.5 Å². The molecule has 0 aliphatic carbocycles. The lowest BCUT2D eigenvalue weighted by molar-refractivity contribution is 0.0575. The minimum atomic E-state index is -0.943. The Balaban J connectivity index is 2.20. The number of halogens is 1. The molecule has 0 fully saturated rings. The van der Waals surface area contributed by atoms with E-state index >= 15 is 0 Å². The van der Waals surface area contributed by atoms with Crippen molar-refractivity contribution in [3.63, 3.8) is 0 Å². The first-order valence-electron chi connectivity index (χ1n) is 7.07. The SMILES string of the molecule is CCCc1cccc(C(C)(O)Cc2ccc(F)cc2)c1. The van der Waals surface area contributed by atoms with Crippen molar-refractivity contribution in [1.29, 1.82) is 0 Å². The predicted octanol–water partition coefficient (Wildman–Crippen LogP) is 4.23. The molecule has 0 spiro atoms. The molecule has 0 radical (unpaired) electrons. The quantitative estimate of drug-likeness (QED) is 0.863. The summed E-state index contributed by atoms with van der Waals surface area (Å²) >= 11 is 0. The minimum Gasteiger partial charge on any atom is -0.385 e. The first kappa shape index (κ1) is 14.7. The molecule has 20 heavy (non-hydrogen) atoms. The van der Waals surface area contributed by atoms with Crippen LogP contribution in [0.5, 0.6) is 0 Å². The number of aryl methyl sites for hydroxylation is 1. The Labute approximate surface area is 120 Å². The van der Waals surface area contributed by atoms with Crippen molar-refractivity contribution in [2.45, 2.75) is 38.7 Å². The number of aliphatic hydroxyl groups is 1. The van der Waals surface area contributed by atoms with Gasteiger partial charge in [0.2, 0.25) is 0 Å². The Morgan fingerprint density at radius 3 is 2.40 bits per heavy atom. The standard InChI is InChI=1S/C18H21FO/c1-3-5-14-6-4-7-16(12-14)18(2,20)13-15-8-10-17(19)11-9-15/h4,6-12,20H,3,5,13H2,1-2H3. The van der Waals surface area contributed by atoms with Gasteiger partial charge in [-0.05, 0) is 42.2 Å². The molecule has 1 nitrogen and oxygen atoms in total. The molecule has 1 unspecified atom stereocenters. The summed E-state index contributed by atoms with van der Waals surface area (Å²) in [6.45, 7) is 3.95. The third kappa shape index (κ3) is 3.67. The predicted molar refractivity (Wildman–Crippen MR) is 80.1 cm³/mol. The zero-order valence-corrected chi connectivity index (χ0v) is 12.1. The molecule has 2 aromatic rings. The third-order valence-corrected chi connectivity index (χ3v) is 3.55. The van der Waals surface area contributed by atoms with E-state index in [-0.39, 0.29) is 5.82 Å². The van der Waals surface area contributed by atoms with Gasteiger partial charge < -0.3 is 5.11 Å². The fourth-order valence-corrected chi connectivity index (χ4v) is 2.45. The van der Waals surface area contributed by atoms with E-state index in [2.05, 4.69) is 19.1 Å². The molecule has 2 aromatic carbocycles. The molecule has 0 saturated carbocycles. The highest BCUT2D eigenvalue weighted by Gasteiger charge is 2.23. The van der Waals surface area contributed by atoms with Crippen LogP contribution in [0.2, 0.25) is 0 Å². The van der Waals surface area contributed by atoms with Gasteiger partial charge in [0.25, 0.3) is 0 Å². The zero-order valence-electron chi connectivity index (χ0n) is 12.1. The van der Waals surface area contributed by atoms with Crippen molar-refractivity contribution in [3.8, 4) is 0 Å². The van der Waals surface area contributed by atoms with Crippen LogP contribution >= 0.6 is 0 Å². The summed E-state index contributed by atoms with van der Waals surface area (Å²) in [5.74, 6) is -0.252. The summed E-state index contributed by atoms with van der Waals surface area (Å²) in [5.41, 5.74) is 2.14. The Hall–Kier alpha value is -1.67. The molecule has 1 N–H and O–H groups in total. The summed E-state index contributed by atoms with van der Waals surface area (Å²) in [7, 11) is 0. The molecule has 0 saturated heterocycles. The van der Waals surface area contributed by atoms with E-state index in [0.29, 0.717) is 6.42 Å². The second-order valence-electron chi connectivity index (χ2n) is 5.53. The Kier molecular flexibility index (Phi) is 4.56. The fourth-order valence-electron chi connectivity index (χ4n) is 2.45. The highest BCUT2D eigenvalue weighted by atomic mass is 19.1. The monoisotopic (exact) mass is 272 g/mol. The van der Waals surface area contributed by atoms with Crippen molar-refractivity contribution in [2.24, 2.45) is 0 Å². The van der Waals surface area contributed by atoms with E-state index in [1.54, 1.807) is 19.1 Å². The maximum atomic E-state index is 12.9. The van der Waals surface area contributed by atoms with E-state index < -0.39 is 5.60 Å². The van der Waals surface area contributed by atoms with Crippen LogP contribution in [0, 0.1) is 5.82 Å². The van der Waals surface area contributed by atoms with Crippen LogP contribution in [0.1, 0.15) is 37.0 Å². The lowest BCUT2D eigenvalue weighted by atomic mass is 9.88. The molecule has 0 aromatic heterocycles. The van der Waals surface area contributed by atoms with Crippen LogP contribution < -0.4 is 0 Å². The summed E-state index contributed by atoms with van der Waals surface area (Å²) in [6.07, 6.45) is 2.58. The summed E-state index contributed by atoms with van der Waals surface area (Å²) in [6, 6.07) is 14.4. The minimum absolute atomic E-state index is 0.252. The van der Waals surface area contributed by atoms with Crippen molar-refractivity contribution in [3.05, 3.63) is 71.0 Å². The average Bonchev–Trinajstić information content (AvgIpc) is 2.42. The first-order chi connectivity index (χ1) is 9.51. The largest absolute Gasteiger partial charge is 0.385 e. The molecule has 1 atom stereocenters. The third-order valence-electron chi connectivity index (χ3n) is 3.55. The molecule has 106 valence electrons. The van der Waals surface area contributed by atoms with Gasteiger partial charge in [-0.15, -0.1) is 0 Å². The van der Waals surface area contributed by atoms with Crippen LogP contribution in [-0.4, -0.2) is 5.11 Å². The van der Waals surface area contributed by atoms with Crippen LogP contribution in [0.3, 0.4) is 0 Å². The molecule has 0 aliphatic rings. The molecule has 0 aliphatic heterocycles. The van der Waals surface area contributed by atoms with Gasteiger partial charge in [-0.2, -0.15) is 0 Å². The van der Waals surface area contributed by atoms with Gasteiger partial charge >= 0.3 is 0 Å². The lowest BCUT2D eigenvalue weighted by Crippen LogP contribution is -2.24. The van der Waals surface area contributed by atoms with Crippen molar-refractivity contribution < 1.29 is 9.50 Å². The Morgan fingerprint density at radius 2 is 1.75 bits per heavy atom. The molecular formula is C18H21FO. The number of hydrogen-bond donors (Lipinski definition) is 1. The average molecular weight is 272 g/mol. The summed E-state index contributed by atoms with van der Waals surface area (Å²) in [4.78, 5) is 0. The fraction of sp³-hybridized carbons (Fsp3) is 0.333. The number of hydrogen-bond acceptors (Lipinski definition) is 1. The zero-order chi connectivity index (χ0) is 14.6. The van der Waals surface area contributed by atoms with Crippen molar-refractivity contribution >= 4 is 0 Å². The number of benzene rings is 2. The topological polar surface area (TPSA) is 20.2 Å². The Morgan fingerprint density at radius 1 is 1.05 bits per heavy atom. The first-order valence-corrected chi connectivity index (χ1v) is 7.07. The van der Waals surface area contributed by atoms with E-state index in [1.165, 1.54) is 17.7 Å². The Bertz CT molecular complexity index is 558. The molecule has 0 amide bonds. The molecule has 0 bridgehead atoms. The van der Waals surface area contributed by atoms with E-state index in [9.17, 15) is 9.50 Å². The van der Waals surface area contributed by atoms with Gasteiger partial charge in [0, 0.05) is 6.42 Å². The van der Waals surface area contributed by atoms with Gasteiger partial charge in [0.05, 0.1) is 5.60 Å². The maximum absolute atomic E-state index is 12.9. The normalized spacial score (nSPS) is 14.0. The highest BCUT2D eigenvalue weighted by molar-refractivity contribution is 5.30. The highest BCUT2D eigenvalue weighted by Crippen LogP contribution is 2.26. The lowest BCUT2D eigenvalue weighted by Gasteiger charge is -2.24. The van der Waals surface area contributed by atoms with Crippen LogP contribution in [-0.2, 0) is 18.4 Å². The smallest absolute Gasteiger partial charge is 0.123 e. The van der Waals surface area contributed by atoms with Gasteiger partial charge in [-0.25, -0.2) is 4.39 Å². The van der Waals surface area contributed by atoms with E-state index in [0.717, 1.165) is 24.0 Å².